The van der Waals surface area contributed by atoms with Gasteiger partial charge in [0.05, 0.1) is 11.8 Å². The first-order chi connectivity index (χ1) is 11.0. The minimum atomic E-state index is -0.333. The molecule has 3 aromatic heterocycles. The topological polar surface area (TPSA) is 81.4 Å². The summed E-state index contributed by atoms with van der Waals surface area (Å²) in [7, 11) is 0. The predicted octanol–water partition coefficient (Wildman–Crippen LogP) is 2.47. The highest BCUT2D eigenvalue weighted by Crippen LogP contribution is 2.20. The lowest BCUT2D eigenvalue weighted by atomic mass is 10.3. The van der Waals surface area contributed by atoms with Crippen molar-refractivity contribution < 1.29 is 9.53 Å². The van der Waals surface area contributed by atoms with Gasteiger partial charge in [-0.25, -0.2) is 9.97 Å². The maximum absolute atomic E-state index is 12.6. The molecular weight excluding hydrogens is 294 g/mol. The molecule has 0 fully saturated rings. The molecule has 0 saturated carbocycles. The van der Waals surface area contributed by atoms with Crippen molar-refractivity contribution in [3.8, 4) is 5.88 Å². The Morgan fingerprint density at radius 1 is 1.26 bits per heavy atom. The summed E-state index contributed by atoms with van der Waals surface area (Å²) in [6, 6.07) is 5.30. The first kappa shape index (κ1) is 15.0. The third kappa shape index (κ3) is 3.28. The van der Waals surface area contributed by atoms with E-state index in [2.05, 4.69) is 20.3 Å². The quantitative estimate of drug-likeness (QED) is 0.800. The van der Waals surface area contributed by atoms with Gasteiger partial charge in [-0.2, -0.15) is 4.98 Å². The Morgan fingerprint density at radius 3 is 2.78 bits per heavy atom. The molecule has 0 aromatic carbocycles. The number of aromatic nitrogens is 4. The van der Waals surface area contributed by atoms with Crippen LogP contribution in [-0.2, 0) is 0 Å². The van der Waals surface area contributed by atoms with Gasteiger partial charge in [-0.1, -0.05) is 6.07 Å². The van der Waals surface area contributed by atoms with Crippen LogP contribution in [0.5, 0.6) is 5.88 Å². The van der Waals surface area contributed by atoms with E-state index in [0.717, 1.165) is 5.69 Å². The van der Waals surface area contributed by atoms with Gasteiger partial charge in [0.2, 0.25) is 11.7 Å². The minimum absolute atomic E-state index is 0.109. The van der Waals surface area contributed by atoms with E-state index in [9.17, 15) is 4.79 Å². The van der Waals surface area contributed by atoms with Crippen LogP contribution in [0.25, 0.3) is 5.78 Å². The summed E-state index contributed by atoms with van der Waals surface area (Å²) in [5.41, 5.74) is 1.14. The van der Waals surface area contributed by atoms with E-state index in [4.69, 9.17) is 4.74 Å². The van der Waals surface area contributed by atoms with Crippen LogP contribution in [0.15, 0.2) is 36.8 Å². The van der Waals surface area contributed by atoms with E-state index >= 15 is 0 Å². The highest BCUT2D eigenvalue weighted by Gasteiger charge is 2.18. The van der Waals surface area contributed by atoms with Gasteiger partial charge in [0.25, 0.3) is 5.91 Å². The van der Waals surface area contributed by atoms with Gasteiger partial charge >= 0.3 is 0 Å². The first-order valence-electron chi connectivity index (χ1n) is 7.28. The van der Waals surface area contributed by atoms with Crippen molar-refractivity contribution >= 4 is 17.5 Å². The Morgan fingerprint density at radius 2 is 2.09 bits per heavy atom. The summed E-state index contributed by atoms with van der Waals surface area (Å²) in [4.78, 5) is 25.3. The van der Waals surface area contributed by atoms with Crippen LogP contribution >= 0.6 is 0 Å². The number of rotatable bonds is 4. The fourth-order valence-electron chi connectivity index (χ4n) is 2.12. The molecule has 0 aliphatic rings. The average molecular weight is 311 g/mol. The summed E-state index contributed by atoms with van der Waals surface area (Å²) in [5.74, 6) is 0.883. The van der Waals surface area contributed by atoms with Crippen LogP contribution in [-0.4, -0.2) is 31.4 Å². The summed E-state index contributed by atoms with van der Waals surface area (Å²) >= 11 is 0. The Kier molecular flexibility index (Phi) is 3.92. The minimum Gasteiger partial charge on any atom is -0.474 e. The molecule has 3 aromatic rings. The van der Waals surface area contributed by atoms with E-state index < -0.39 is 0 Å². The number of carbonyl (C=O) groups is 1. The summed E-state index contributed by atoms with van der Waals surface area (Å²) < 4.78 is 7.38. The van der Waals surface area contributed by atoms with Crippen LogP contribution in [0.1, 0.15) is 29.9 Å². The van der Waals surface area contributed by atoms with E-state index in [-0.39, 0.29) is 17.9 Å². The molecule has 118 valence electrons. The van der Waals surface area contributed by atoms with E-state index in [1.165, 1.54) is 0 Å². The molecule has 0 bridgehead atoms. The van der Waals surface area contributed by atoms with Gasteiger partial charge in [0, 0.05) is 18.6 Å². The maximum Gasteiger partial charge on any atom is 0.263 e. The first-order valence-corrected chi connectivity index (χ1v) is 7.28. The zero-order valence-corrected chi connectivity index (χ0v) is 13.1. The molecule has 0 aliphatic carbocycles. The molecule has 0 atom stereocenters. The maximum atomic E-state index is 12.6. The zero-order chi connectivity index (χ0) is 16.4. The van der Waals surface area contributed by atoms with Crippen molar-refractivity contribution in [2.24, 2.45) is 0 Å². The molecular formula is C16H17N5O2. The van der Waals surface area contributed by atoms with E-state index in [1.807, 2.05) is 20.8 Å². The molecule has 0 saturated heterocycles. The van der Waals surface area contributed by atoms with Crippen LogP contribution in [0.3, 0.4) is 0 Å². The number of carbonyl (C=O) groups excluding carboxylic acids is 1. The lowest BCUT2D eigenvalue weighted by Crippen LogP contribution is -2.18. The van der Waals surface area contributed by atoms with Gasteiger partial charge in [-0.05, 0) is 32.9 Å². The normalized spacial score (nSPS) is 11.0. The highest BCUT2D eigenvalue weighted by molar-refractivity contribution is 6.05. The summed E-state index contributed by atoms with van der Waals surface area (Å²) in [6.45, 7) is 5.62. The Balaban J connectivity index is 2.00. The SMILES string of the molecule is Cc1cn2cc(C(=O)Nc3ccccn3)c(OC(C)C)nc2n1. The number of imidazole rings is 1. The van der Waals surface area contributed by atoms with Crippen LogP contribution < -0.4 is 10.1 Å². The van der Waals surface area contributed by atoms with Crippen LogP contribution in [0.4, 0.5) is 5.82 Å². The molecule has 3 rings (SSSR count). The molecule has 23 heavy (non-hydrogen) atoms. The van der Waals surface area contributed by atoms with Crippen LogP contribution in [0, 0.1) is 6.92 Å². The Labute approximate surface area is 133 Å². The predicted molar refractivity (Wildman–Crippen MR) is 85.7 cm³/mol. The molecule has 3 heterocycles. The molecule has 1 amide bonds. The van der Waals surface area contributed by atoms with Gasteiger partial charge in [-0.15, -0.1) is 0 Å². The second-order valence-electron chi connectivity index (χ2n) is 5.38. The molecule has 7 heteroatoms. The molecule has 7 nitrogen and oxygen atoms in total. The summed E-state index contributed by atoms with van der Waals surface area (Å²) in [5, 5.41) is 2.74. The second kappa shape index (κ2) is 6.04. The molecule has 1 N–H and O–H groups in total. The van der Waals surface area contributed by atoms with Gasteiger partial charge in [-0.3, -0.25) is 9.20 Å². The van der Waals surface area contributed by atoms with Gasteiger partial charge in [0.1, 0.15) is 11.4 Å². The molecule has 0 unspecified atom stereocenters. The second-order valence-corrected chi connectivity index (χ2v) is 5.38. The number of amides is 1. The lowest BCUT2D eigenvalue weighted by Gasteiger charge is -2.13. The number of fused-ring (bicyclic) bond motifs is 1. The molecule has 0 aliphatic heterocycles. The largest absolute Gasteiger partial charge is 0.474 e. The number of nitrogens with zero attached hydrogens (tertiary/aromatic N) is 4. The lowest BCUT2D eigenvalue weighted by molar-refractivity contribution is 0.101. The smallest absolute Gasteiger partial charge is 0.263 e. The molecule has 0 radical (unpaired) electrons. The number of ether oxygens (including phenoxy) is 1. The fourth-order valence-corrected chi connectivity index (χ4v) is 2.12. The third-order valence-electron chi connectivity index (χ3n) is 3.03. The van der Waals surface area contributed by atoms with Gasteiger partial charge < -0.3 is 10.1 Å². The number of hydrogen-bond donors (Lipinski definition) is 1. The Hall–Kier alpha value is -2.96. The van der Waals surface area contributed by atoms with Gasteiger partial charge in [0.15, 0.2) is 0 Å². The van der Waals surface area contributed by atoms with Crippen molar-refractivity contribution in [3.05, 3.63) is 48.0 Å². The summed E-state index contributed by atoms with van der Waals surface area (Å²) in [6.07, 6.45) is 4.97. The van der Waals surface area contributed by atoms with E-state index in [1.54, 1.807) is 41.2 Å². The number of aryl methyl sites for hydroxylation is 1. The fraction of sp³-hybridized carbons (Fsp3) is 0.250. The van der Waals surface area contributed by atoms with Crippen molar-refractivity contribution in [2.75, 3.05) is 5.32 Å². The standard InChI is InChI=1S/C16H17N5O2/c1-10(2)23-15-12(9-21-8-11(3)18-16(21)20-15)14(22)19-13-6-4-5-7-17-13/h4-10H,1-3H3,(H,17,19,22). The van der Waals surface area contributed by atoms with Crippen molar-refractivity contribution in [3.63, 3.8) is 0 Å². The number of pyridine rings is 1. The third-order valence-corrected chi connectivity index (χ3v) is 3.03. The monoisotopic (exact) mass is 311 g/mol. The Bertz CT molecular complexity index is 842. The number of hydrogen-bond acceptors (Lipinski definition) is 5. The molecule has 0 spiro atoms. The van der Waals surface area contributed by atoms with Crippen molar-refractivity contribution in [1.82, 2.24) is 19.4 Å². The number of nitrogens with one attached hydrogen (secondary N) is 1. The van der Waals surface area contributed by atoms with Crippen molar-refractivity contribution in [1.29, 1.82) is 0 Å². The van der Waals surface area contributed by atoms with E-state index in [0.29, 0.717) is 17.2 Å². The average Bonchev–Trinajstić information content (AvgIpc) is 2.86. The highest BCUT2D eigenvalue weighted by atomic mass is 16.5. The zero-order valence-electron chi connectivity index (χ0n) is 13.1. The number of anilines is 1. The van der Waals surface area contributed by atoms with Crippen molar-refractivity contribution in [2.45, 2.75) is 26.9 Å². The van der Waals surface area contributed by atoms with Crippen LogP contribution in [0.2, 0.25) is 0 Å².